The van der Waals surface area contributed by atoms with E-state index in [1.807, 2.05) is 13.8 Å². The number of rotatable bonds is 3. The molecule has 0 radical (unpaired) electrons. The summed E-state index contributed by atoms with van der Waals surface area (Å²) in [6, 6.07) is 0. The molecule has 1 atom stereocenters. The lowest BCUT2D eigenvalue weighted by molar-refractivity contribution is -0.138. The number of hydrogen-bond acceptors (Lipinski definition) is 3. The van der Waals surface area contributed by atoms with Gasteiger partial charge in [-0.25, -0.2) is 0 Å². The van der Waals surface area contributed by atoms with Gasteiger partial charge in [0.2, 0.25) is 0 Å². The highest BCUT2D eigenvalue weighted by molar-refractivity contribution is 5.72. The minimum Gasteiger partial charge on any atom is -0.348 e. The van der Waals surface area contributed by atoms with Crippen molar-refractivity contribution in [1.29, 1.82) is 0 Å². The summed E-state index contributed by atoms with van der Waals surface area (Å²) < 4.78 is 10.8. The van der Waals surface area contributed by atoms with Crippen LogP contribution in [0, 0.1) is 0 Å². The second kappa shape index (κ2) is 3.37. The van der Waals surface area contributed by atoms with Gasteiger partial charge in [-0.15, -0.1) is 0 Å². The highest BCUT2D eigenvalue weighted by Crippen LogP contribution is 2.25. The molecule has 0 aliphatic carbocycles. The average molecular weight is 170 g/mol. The molecule has 0 spiro atoms. The van der Waals surface area contributed by atoms with Crippen LogP contribution in [-0.2, 0) is 14.3 Å². The Morgan fingerprint density at radius 3 is 2.83 bits per heavy atom. The Morgan fingerprint density at radius 1 is 1.75 bits per heavy atom. The first-order valence-corrected chi connectivity index (χ1v) is 3.98. The molecule has 1 rings (SSSR count). The monoisotopic (exact) mass is 170 g/mol. The van der Waals surface area contributed by atoms with Crippen LogP contribution < -0.4 is 0 Å². The van der Waals surface area contributed by atoms with Gasteiger partial charge in [-0.3, -0.25) is 4.79 Å². The van der Waals surface area contributed by atoms with Gasteiger partial charge in [0.1, 0.15) is 6.29 Å². The number of aldehydes is 1. The lowest BCUT2D eigenvalue weighted by Gasteiger charge is -2.16. The van der Waals surface area contributed by atoms with Crippen molar-refractivity contribution >= 4 is 6.29 Å². The maximum Gasteiger partial charge on any atom is 0.163 e. The normalized spacial score (nSPS) is 27.0. The molecule has 1 aliphatic rings. The van der Waals surface area contributed by atoms with Gasteiger partial charge in [0.25, 0.3) is 0 Å². The van der Waals surface area contributed by atoms with Crippen LogP contribution in [-0.4, -0.2) is 24.8 Å². The maximum atomic E-state index is 10.3. The summed E-state index contributed by atoms with van der Waals surface area (Å²) in [6.07, 6.45) is 1.31. The second-order valence-electron chi connectivity index (χ2n) is 3.43. The summed E-state index contributed by atoms with van der Waals surface area (Å²) >= 11 is 0. The third-order valence-corrected chi connectivity index (χ3v) is 1.72. The molecule has 3 nitrogen and oxygen atoms in total. The molecule has 0 aromatic heterocycles. The van der Waals surface area contributed by atoms with Crippen LogP contribution in [0.25, 0.3) is 0 Å². The van der Waals surface area contributed by atoms with E-state index in [0.29, 0.717) is 18.6 Å². The van der Waals surface area contributed by atoms with Gasteiger partial charge in [0.15, 0.2) is 5.79 Å². The quantitative estimate of drug-likeness (QED) is 0.473. The minimum atomic E-state index is -0.506. The van der Waals surface area contributed by atoms with Crippen molar-refractivity contribution in [2.45, 2.75) is 32.2 Å². The van der Waals surface area contributed by atoms with E-state index in [0.717, 1.165) is 6.29 Å². The first-order chi connectivity index (χ1) is 5.53. The van der Waals surface area contributed by atoms with Crippen molar-refractivity contribution in [3.05, 3.63) is 12.2 Å². The molecule has 68 valence electrons. The van der Waals surface area contributed by atoms with Crippen LogP contribution >= 0.6 is 0 Å². The summed E-state index contributed by atoms with van der Waals surface area (Å²) in [5, 5.41) is 0. The Bertz CT molecular complexity index is 196. The molecule has 1 heterocycles. The molecule has 0 aromatic carbocycles. The van der Waals surface area contributed by atoms with Crippen molar-refractivity contribution in [2.24, 2.45) is 0 Å². The third-order valence-electron chi connectivity index (χ3n) is 1.72. The molecular weight excluding hydrogens is 156 g/mol. The number of hydrogen-bond donors (Lipinski definition) is 0. The Hall–Kier alpha value is -0.670. The van der Waals surface area contributed by atoms with Gasteiger partial charge in [0, 0.05) is 6.42 Å². The van der Waals surface area contributed by atoms with Crippen LogP contribution in [0.15, 0.2) is 12.2 Å². The number of ether oxygens (including phenoxy) is 2. The molecule has 0 N–H and O–H groups in total. The van der Waals surface area contributed by atoms with Crippen molar-refractivity contribution in [3.63, 3.8) is 0 Å². The highest BCUT2D eigenvalue weighted by atomic mass is 16.7. The van der Waals surface area contributed by atoms with Gasteiger partial charge >= 0.3 is 0 Å². The first-order valence-electron chi connectivity index (χ1n) is 3.98. The maximum absolute atomic E-state index is 10.3. The predicted octanol–water partition coefficient (Wildman–Crippen LogP) is 1.28. The van der Waals surface area contributed by atoms with Gasteiger partial charge in [-0.2, -0.15) is 0 Å². The predicted molar refractivity (Wildman–Crippen MR) is 44.7 cm³/mol. The molecule has 0 amide bonds. The molecule has 3 heteroatoms. The zero-order chi connectivity index (χ0) is 9.19. The van der Waals surface area contributed by atoms with E-state index < -0.39 is 5.79 Å². The summed E-state index contributed by atoms with van der Waals surface area (Å²) in [6.45, 7) is 7.84. The van der Waals surface area contributed by atoms with Crippen LogP contribution in [0.4, 0.5) is 0 Å². The lowest BCUT2D eigenvalue weighted by Crippen LogP contribution is -2.21. The van der Waals surface area contributed by atoms with E-state index >= 15 is 0 Å². The van der Waals surface area contributed by atoms with Crippen LogP contribution in [0.5, 0.6) is 0 Å². The standard InChI is InChI=1S/C9H14O3/c1-7(5-10)4-8-6-11-9(2,3)12-8/h5,8H,1,4,6H2,2-3H3. The van der Waals surface area contributed by atoms with E-state index in [2.05, 4.69) is 6.58 Å². The first kappa shape index (κ1) is 9.42. The average Bonchev–Trinajstić information content (AvgIpc) is 2.30. The minimum absolute atomic E-state index is 0.0160. The fraction of sp³-hybridized carbons (Fsp3) is 0.667. The van der Waals surface area contributed by atoms with Crippen molar-refractivity contribution in [3.8, 4) is 0 Å². The van der Waals surface area contributed by atoms with Crippen molar-refractivity contribution < 1.29 is 14.3 Å². The van der Waals surface area contributed by atoms with Crippen LogP contribution in [0.2, 0.25) is 0 Å². The van der Waals surface area contributed by atoms with Crippen molar-refractivity contribution in [1.82, 2.24) is 0 Å². The molecule has 1 aliphatic heterocycles. The zero-order valence-electron chi connectivity index (χ0n) is 7.50. The molecule has 1 unspecified atom stereocenters. The molecule has 0 bridgehead atoms. The van der Waals surface area contributed by atoms with Gasteiger partial charge in [0.05, 0.1) is 12.7 Å². The van der Waals surface area contributed by atoms with Crippen molar-refractivity contribution in [2.75, 3.05) is 6.61 Å². The van der Waals surface area contributed by atoms with E-state index in [1.165, 1.54) is 0 Å². The van der Waals surface area contributed by atoms with E-state index in [1.54, 1.807) is 0 Å². The molecule has 0 saturated carbocycles. The lowest BCUT2D eigenvalue weighted by atomic mass is 10.1. The number of carbonyl (C=O) groups excluding carboxylic acids is 1. The van der Waals surface area contributed by atoms with Crippen LogP contribution in [0.3, 0.4) is 0 Å². The Morgan fingerprint density at radius 2 is 2.42 bits per heavy atom. The summed E-state index contributed by atoms with van der Waals surface area (Å²) in [5.74, 6) is -0.506. The molecule has 1 fully saturated rings. The topological polar surface area (TPSA) is 35.5 Å². The Balaban J connectivity index is 2.38. The third kappa shape index (κ3) is 2.43. The second-order valence-corrected chi connectivity index (χ2v) is 3.43. The van der Waals surface area contributed by atoms with Gasteiger partial charge in [-0.05, 0) is 19.4 Å². The van der Waals surface area contributed by atoms with Gasteiger partial charge < -0.3 is 9.47 Å². The van der Waals surface area contributed by atoms with E-state index in [-0.39, 0.29) is 6.10 Å². The SMILES string of the molecule is C=C(C=O)CC1COC(C)(C)O1. The van der Waals surface area contributed by atoms with Gasteiger partial charge in [-0.1, -0.05) is 6.58 Å². The Kier molecular flexibility index (Phi) is 2.65. The number of carbonyl (C=O) groups is 1. The fourth-order valence-electron chi connectivity index (χ4n) is 1.20. The summed E-state index contributed by atoms with van der Waals surface area (Å²) in [7, 11) is 0. The van der Waals surface area contributed by atoms with E-state index in [4.69, 9.17) is 9.47 Å². The molecule has 1 saturated heterocycles. The molecular formula is C9H14O3. The van der Waals surface area contributed by atoms with E-state index in [9.17, 15) is 4.79 Å². The zero-order valence-corrected chi connectivity index (χ0v) is 7.50. The summed E-state index contributed by atoms with van der Waals surface area (Å²) in [5.41, 5.74) is 0.557. The highest BCUT2D eigenvalue weighted by Gasteiger charge is 2.32. The summed E-state index contributed by atoms with van der Waals surface area (Å²) in [4.78, 5) is 10.3. The Labute approximate surface area is 72.4 Å². The smallest absolute Gasteiger partial charge is 0.163 e. The van der Waals surface area contributed by atoms with Crippen LogP contribution in [0.1, 0.15) is 20.3 Å². The molecule has 12 heavy (non-hydrogen) atoms. The fourth-order valence-corrected chi connectivity index (χ4v) is 1.20. The largest absolute Gasteiger partial charge is 0.348 e. The molecule has 0 aromatic rings.